The van der Waals surface area contributed by atoms with Gasteiger partial charge in [-0.3, -0.25) is 9.36 Å². The Morgan fingerprint density at radius 1 is 1.18 bits per heavy atom. The van der Waals surface area contributed by atoms with Crippen LogP contribution in [0.1, 0.15) is 5.56 Å². The standard InChI is InChI=1S/C18H12BrF3N4OS/c1-25(2)12-5-6-23-16-13(12)14-15(28-16)17(27)26(8-24-14)9-3-4-11(19)10(7-9)18(20,21)22/h3-8H,1-2H3. The van der Waals surface area contributed by atoms with Gasteiger partial charge in [0.25, 0.3) is 5.56 Å². The second-order valence-corrected chi connectivity index (χ2v) is 8.12. The van der Waals surface area contributed by atoms with E-state index in [1.165, 1.54) is 29.8 Å². The summed E-state index contributed by atoms with van der Waals surface area (Å²) >= 11 is 4.08. The van der Waals surface area contributed by atoms with Gasteiger partial charge in [0.05, 0.1) is 27.8 Å². The summed E-state index contributed by atoms with van der Waals surface area (Å²) in [4.78, 5) is 24.3. The summed E-state index contributed by atoms with van der Waals surface area (Å²) in [6.45, 7) is 0. The SMILES string of the molecule is CN(C)c1ccnc2sc3c(=O)n(-c4ccc(Br)c(C(F)(F)F)c4)cnc3c12. The van der Waals surface area contributed by atoms with E-state index in [-0.39, 0.29) is 10.2 Å². The molecule has 0 bridgehead atoms. The highest BCUT2D eigenvalue weighted by atomic mass is 79.9. The molecule has 0 aliphatic carbocycles. The first kappa shape index (κ1) is 18.9. The molecule has 0 unspecified atom stereocenters. The van der Waals surface area contributed by atoms with Crippen molar-refractivity contribution in [3.63, 3.8) is 0 Å². The number of pyridine rings is 1. The van der Waals surface area contributed by atoms with Gasteiger partial charge >= 0.3 is 6.18 Å². The molecule has 0 aliphatic rings. The normalized spacial score (nSPS) is 12.1. The first-order chi connectivity index (χ1) is 13.2. The second-order valence-electron chi connectivity index (χ2n) is 6.27. The van der Waals surface area contributed by atoms with Crippen molar-refractivity contribution < 1.29 is 13.2 Å². The van der Waals surface area contributed by atoms with Crippen LogP contribution in [0.4, 0.5) is 18.9 Å². The number of aromatic nitrogens is 3. The van der Waals surface area contributed by atoms with Crippen molar-refractivity contribution in [3.05, 3.63) is 57.2 Å². The summed E-state index contributed by atoms with van der Waals surface area (Å²) in [6, 6.07) is 5.46. The van der Waals surface area contributed by atoms with E-state index < -0.39 is 17.3 Å². The molecule has 0 saturated carbocycles. The Morgan fingerprint density at radius 3 is 2.61 bits per heavy atom. The summed E-state index contributed by atoms with van der Waals surface area (Å²) in [5.41, 5.74) is 0.154. The lowest BCUT2D eigenvalue weighted by molar-refractivity contribution is -0.138. The third-order valence-electron chi connectivity index (χ3n) is 4.28. The maximum Gasteiger partial charge on any atom is 0.417 e. The fourth-order valence-corrected chi connectivity index (χ4v) is 4.49. The zero-order valence-electron chi connectivity index (χ0n) is 14.6. The Bertz CT molecular complexity index is 1280. The van der Waals surface area contributed by atoms with Gasteiger partial charge in [-0.2, -0.15) is 13.2 Å². The number of hydrogen-bond acceptors (Lipinski definition) is 5. The molecule has 0 saturated heterocycles. The predicted octanol–water partition coefficient (Wildman–Crippen LogP) is 4.84. The number of anilines is 1. The molecule has 0 amide bonds. The first-order valence-corrected chi connectivity index (χ1v) is 9.62. The number of benzene rings is 1. The van der Waals surface area contributed by atoms with Crippen LogP contribution in [0.3, 0.4) is 0 Å². The van der Waals surface area contributed by atoms with Crippen molar-refractivity contribution >= 4 is 53.4 Å². The molecule has 4 aromatic rings. The average molecular weight is 469 g/mol. The minimum Gasteiger partial charge on any atom is -0.377 e. The van der Waals surface area contributed by atoms with Crippen LogP contribution in [0.5, 0.6) is 0 Å². The van der Waals surface area contributed by atoms with Crippen LogP contribution in [-0.2, 0) is 6.18 Å². The number of fused-ring (bicyclic) bond motifs is 3. The van der Waals surface area contributed by atoms with Crippen LogP contribution in [0.2, 0.25) is 0 Å². The van der Waals surface area contributed by atoms with Gasteiger partial charge < -0.3 is 4.90 Å². The summed E-state index contributed by atoms with van der Waals surface area (Å²) < 4.78 is 41.0. The van der Waals surface area contributed by atoms with Gasteiger partial charge in [0.1, 0.15) is 15.9 Å². The molecule has 0 N–H and O–H groups in total. The summed E-state index contributed by atoms with van der Waals surface area (Å²) in [5, 5.41) is 0.753. The van der Waals surface area contributed by atoms with Crippen LogP contribution in [0, 0.1) is 0 Å². The highest BCUT2D eigenvalue weighted by Crippen LogP contribution is 2.37. The van der Waals surface area contributed by atoms with E-state index in [0.717, 1.165) is 21.7 Å². The maximum absolute atomic E-state index is 13.2. The average Bonchev–Trinajstić information content (AvgIpc) is 3.01. The first-order valence-electron chi connectivity index (χ1n) is 8.02. The topological polar surface area (TPSA) is 51.0 Å². The van der Waals surface area contributed by atoms with Gasteiger partial charge in [0, 0.05) is 24.8 Å². The number of thiophene rings is 1. The lowest BCUT2D eigenvalue weighted by Crippen LogP contribution is -2.18. The summed E-state index contributed by atoms with van der Waals surface area (Å²) in [6.07, 6.45) is -1.64. The van der Waals surface area contributed by atoms with Crippen LogP contribution >= 0.6 is 27.3 Å². The summed E-state index contributed by atoms with van der Waals surface area (Å²) in [5.74, 6) is 0. The van der Waals surface area contributed by atoms with E-state index >= 15 is 0 Å². The van der Waals surface area contributed by atoms with Crippen LogP contribution < -0.4 is 10.5 Å². The fourth-order valence-electron chi connectivity index (χ4n) is 2.97. The Hall–Kier alpha value is -2.46. The second kappa shape index (κ2) is 6.56. The van der Waals surface area contributed by atoms with Crippen LogP contribution in [0.25, 0.3) is 26.1 Å². The van der Waals surface area contributed by atoms with Gasteiger partial charge in [-0.05, 0) is 24.3 Å². The van der Waals surface area contributed by atoms with Crippen molar-refractivity contribution in [1.29, 1.82) is 0 Å². The zero-order chi connectivity index (χ0) is 20.2. The highest BCUT2D eigenvalue weighted by molar-refractivity contribution is 9.10. The number of halogens is 4. The smallest absolute Gasteiger partial charge is 0.377 e. The van der Waals surface area contributed by atoms with E-state index in [4.69, 9.17) is 0 Å². The number of rotatable bonds is 2. The third kappa shape index (κ3) is 2.96. The molecule has 5 nitrogen and oxygen atoms in total. The van der Waals surface area contributed by atoms with E-state index in [0.29, 0.717) is 15.0 Å². The molecule has 0 radical (unpaired) electrons. The molecule has 1 aromatic carbocycles. The number of hydrogen-bond donors (Lipinski definition) is 0. The van der Waals surface area contributed by atoms with E-state index in [1.807, 2.05) is 25.1 Å². The van der Waals surface area contributed by atoms with Gasteiger partial charge in [-0.15, -0.1) is 11.3 Å². The zero-order valence-corrected chi connectivity index (χ0v) is 17.0. The molecule has 0 fully saturated rings. The van der Waals surface area contributed by atoms with Crippen LogP contribution in [-0.4, -0.2) is 28.6 Å². The van der Waals surface area contributed by atoms with E-state index in [9.17, 15) is 18.0 Å². The number of nitrogens with zero attached hydrogens (tertiary/aromatic N) is 4. The van der Waals surface area contributed by atoms with Gasteiger partial charge in [-0.1, -0.05) is 15.9 Å². The molecular weight excluding hydrogens is 457 g/mol. The molecule has 3 aromatic heterocycles. The van der Waals surface area contributed by atoms with Crippen molar-refractivity contribution in [2.24, 2.45) is 0 Å². The van der Waals surface area contributed by atoms with Gasteiger partial charge in [0.2, 0.25) is 0 Å². The molecule has 0 spiro atoms. The molecular formula is C18H12BrF3N4OS. The van der Waals surface area contributed by atoms with Crippen molar-refractivity contribution in [2.75, 3.05) is 19.0 Å². The third-order valence-corrected chi connectivity index (χ3v) is 6.04. The van der Waals surface area contributed by atoms with Crippen molar-refractivity contribution in [2.45, 2.75) is 6.18 Å². The minimum atomic E-state index is -4.54. The molecule has 10 heteroatoms. The minimum absolute atomic E-state index is 0.0903. The highest BCUT2D eigenvalue weighted by Gasteiger charge is 2.33. The maximum atomic E-state index is 13.2. The van der Waals surface area contributed by atoms with Gasteiger partial charge in [-0.25, -0.2) is 9.97 Å². The summed E-state index contributed by atoms with van der Waals surface area (Å²) in [7, 11) is 3.75. The van der Waals surface area contributed by atoms with Crippen molar-refractivity contribution in [1.82, 2.24) is 14.5 Å². The lowest BCUT2D eigenvalue weighted by Gasteiger charge is -2.13. The largest absolute Gasteiger partial charge is 0.417 e. The monoisotopic (exact) mass is 468 g/mol. The van der Waals surface area contributed by atoms with E-state index in [1.54, 1.807) is 6.20 Å². The molecule has 3 heterocycles. The quantitative estimate of drug-likeness (QED) is 0.422. The van der Waals surface area contributed by atoms with E-state index in [2.05, 4.69) is 25.9 Å². The van der Waals surface area contributed by atoms with Crippen LogP contribution in [0.15, 0.2) is 46.1 Å². The Balaban J connectivity index is 1.99. The predicted molar refractivity (Wildman–Crippen MR) is 108 cm³/mol. The Kier molecular flexibility index (Phi) is 4.42. The molecule has 144 valence electrons. The fraction of sp³-hybridized carbons (Fsp3) is 0.167. The molecule has 0 atom stereocenters. The Labute approximate surface area is 169 Å². The molecule has 0 aliphatic heterocycles. The van der Waals surface area contributed by atoms with Crippen molar-refractivity contribution in [3.8, 4) is 5.69 Å². The lowest BCUT2D eigenvalue weighted by atomic mass is 10.2. The number of alkyl halides is 3. The molecule has 4 rings (SSSR count). The van der Waals surface area contributed by atoms with Gasteiger partial charge in [0.15, 0.2) is 0 Å². The molecule has 28 heavy (non-hydrogen) atoms. The Morgan fingerprint density at radius 2 is 1.93 bits per heavy atom.